The van der Waals surface area contributed by atoms with Crippen LogP contribution in [0.5, 0.6) is 0 Å². The van der Waals surface area contributed by atoms with Gasteiger partial charge in [-0.2, -0.15) is 0 Å². The molecule has 2 N–H and O–H groups in total. The number of aromatic nitrogens is 1. The van der Waals surface area contributed by atoms with E-state index in [1.54, 1.807) is 0 Å². The van der Waals surface area contributed by atoms with E-state index in [0.29, 0.717) is 0 Å². The van der Waals surface area contributed by atoms with Crippen LogP contribution in [0.3, 0.4) is 0 Å². The average Bonchev–Trinajstić information content (AvgIpc) is 2.57. The van der Waals surface area contributed by atoms with Gasteiger partial charge in [0.1, 0.15) is 5.76 Å². The number of unbranched alkanes of at least 4 members (excludes halogenated alkanes) is 1. The van der Waals surface area contributed by atoms with E-state index in [4.69, 9.17) is 10.2 Å². The Labute approximate surface area is 90.5 Å². The molecule has 0 unspecified atom stereocenters. The molecular formula is C11H19N3O. The Morgan fingerprint density at radius 2 is 2.33 bits per heavy atom. The van der Waals surface area contributed by atoms with Crippen LogP contribution in [0.2, 0.25) is 0 Å². The Morgan fingerprint density at radius 1 is 1.47 bits per heavy atom. The van der Waals surface area contributed by atoms with E-state index >= 15 is 0 Å². The second-order valence-corrected chi connectivity index (χ2v) is 4.12. The number of hydrogen-bond donors (Lipinski definition) is 1. The molecule has 4 heteroatoms. The fraction of sp³-hybridized carbons (Fsp3) is 0.727. The Hall–Kier alpha value is -0.870. The molecule has 2 heterocycles. The summed E-state index contributed by atoms with van der Waals surface area (Å²) in [4.78, 5) is 6.83. The fourth-order valence-corrected chi connectivity index (χ4v) is 2.05. The molecule has 1 aliphatic heterocycles. The molecule has 2 rings (SSSR count). The molecule has 1 aromatic rings. The maximum Gasteiger partial charge on any atom is 0.191 e. The first-order valence-corrected chi connectivity index (χ1v) is 5.67. The molecule has 1 aliphatic rings. The van der Waals surface area contributed by atoms with E-state index in [1.807, 2.05) is 6.92 Å². The van der Waals surface area contributed by atoms with Crippen LogP contribution in [-0.2, 0) is 13.0 Å². The average molecular weight is 209 g/mol. The van der Waals surface area contributed by atoms with Crippen molar-refractivity contribution < 1.29 is 4.42 Å². The van der Waals surface area contributed by atoms with E-state index in [2.05, 4.69) is 9.88 Å². The van der Waals surface area contributed by atoms with Crippen molar-refractivity contribution in [2.24, 2.45) is 5.73 Å². The lowest BCUT2D eigenvalue weighted by molar-refractivity contribution is 0.236. The van der Waals surface area contributed by atoms with E-state index in [9.17, 15) is 0 Å². The summed E-state index contributed by atoms with van der Waals surface area (Å²) in [6.45, 7) is 5.87. The van der Waals surface area contributed by atoms with Crippen LogP contribution in [-0.4, -0.2) is 29.5 Å². The van der Waals surface area contributed by atoms with Crippen LogP contribution >= 0.6 is 0 Å². The van der Waals surface area contributed by atoms with Gasteiger partial charge in [-0.3, -0.25) is 4.90 Å². The summed E-state index contributed by atoms with van der Waals surface area (Å²) in [6.07, 6.45) is 3.29. The fourth-order valence-electron chi connectivity index (χ4n) is 2.05. The summed E-state index contributed by atoms with van der Waals surface area (Å²) in [6, 6.07) is 0. The molecule has 0 aliphatic carbocycles. The molecular weight excluding hydrogens is 190 g/mol. The number of oxazole rings is 1. The molecule has 0 spiro atoms. The number of nitrogens with zero attached hydrogens (tertiary/aromatic N) is 2. The van der Waals surface area contributed by atoms with E-state index in [0.717, 1.165) is 56.4 Å². The number of nitrogens with two attached hydrogens (primary N) is 1. The standard InChI is InChI=1S/C11H19N3O/c1-9-13-10-8-14(6-3-2-5-12)7-4-11(10)15-9/h2-8,12H2,1H3. The number of aryl methyl sites for hydroxylation is 1. The highest BCUT2D eigenvalue weighted by Gasteiger charge is 2.20. The predicted molar refractivity (Wildman–Crippen MR) is 58.5 cm³/mol. The van der Waals surface area contributed by atoms with Crippen LogP contribution < -0.4 is 5.73 Å². The molecule has 15 heavy (non-hydrogen) atoms. The van der Waals surface area contributed by atoms with Crippen molar-refractivity contribution in [1.29, 1.82) is 0 Å². The SMILES string of the molecule is Cc1nc2c(o1)CCN(CCCCN)C2. The van der Waals surface area contributed by atoms with Gasteiger partial charge in [0.15, 0.2) is 5.89 Å². The summed E-state index contributed by atoms with van der Waals surface area (Å²) >= 11 is 0. The highest BCUT2D eigenvalue weighted by molar-refractivity contribution is 5.12. The van der Waals surface area contributed by atoms with Gasteiger partial charge in [0.25, 0.3) is 0 Å². The van der Waals surface area contributed by atoms with Crippen LogP contribution in [0, 0.1) is 6.92 Å². The molecule has 0 saturated carbocycles. The molecule has 4 nitrogen and oxygen atoms in total. The van der Waals surface area contributed by atoms with Gasteiger partial charge in [-0.15, -0.1) is 0 Å². The zero-order valence-electron chi connectivity index (χ0n) is 9.33. The lowest BCUT2D eigenvalue weighted by Gasteiger charge is -2.24. The molecule has 1 aromatic heterocycles. The largest absolute Gasteiger partial charge is 0.446 e. The first kappa shape index (κ1) is 10.6. The quantitative estimate of drug-likeness (QED) is 0.754. The number of rotatable bonds is 4. The number of hydrogen-bond acceptors (Lipinski definition) is 4. The van der Waals surface area contributed by atoms with E-state index < -0.39 is 0 Å². The van der Waals surface area contributed by atoms with Crippen molar-refractivity contribution in [2.75, 3.05) is 19.6 Å². The minimum absolute atomic E-state index is 0.794. The molecule has 0 fully saturated rings. The van der Waals surface area contributed by atoms with Crippen molar-refractivity contribution in [1.82, 2.24) is 9.88 Å². The molecule has 0 amide bonds. The van der Waals surface area contributed by atoms with Gasteiger partial charge in [0.2, 0.25) is 0 Å². The number of fused-ring (bicyclic) bond motifs is 1. The lowest BCUT2D eigenvalue weighted by atomic mass is 10.1. The van der Waals surface area contributed by atoms with Crippen molar-refractivity contribution >= 4 is 0 Å². The summed E-state index contributed by atoms with van der Waals surface area (Å²) in [5.74, 6) is 1.88. The van der Waals surface area contributed by atoms with E-state index in [1.165, 1.54) is 6.42 Å². The Morgan fingerprint density at radius 3 is 3.13 bits per heavy atom. The molecule has 0 saturated heterocycles. The smallest absolute Gasteiger partial charge is 0.191 e. The second kappa shape index (κ2) is 4.77. The second-order valence-electron chi connectivity index (χ2n) is 4.12. The topological polar surface area (TPSA) is 55.3 Å². The minimum Gasteiger partial charge on any atom is -0.446 e. The van der Waals surface area contributed by atoms with Gasteiger partial charge in [-0.1, -0.05) is 0 Å². The Bertz CT molecular complexity index is 322. The van der Waals surface area contributed by atoms with Gasteiger partial charge in [0.05, 0.1) is 5.69 Å². The third-order valence-electron chi connectivity index (χ3n) is 2.84. The zero-order chi connectivity index (χ0) is 10.7. The third kappa shape index (κ3) is 2.58. The maximum absolute atomic E-state index is 5.52. The molecule has 0 radical (unpaired) electrons. The van der Waals surface area contributed by atoms with Gasteiger partial charge in [-0.05, 0) is 25.9 Å². The molecule has 0 bridgehead atoms. The van der Waals surface area contributed by atoms with Gasteiger partial charge < -0.3 is 10.2 Å². The molecule has 0 aromatic carbocycles. The predicted octanol–water partition coefficient (Wildman–Crippen LogP) is 1.08. The zero-order valence-corrected chi connectivity index (χ0v) is 9.33. The van der Waals surface area contributed by atoms with Crippen molar-refractivity contribution in [3.8, 4) is 0 Å². The maximum atomic E-state index is 5.52. The van der Waals surface area contributed by atoms with Crippen molar-refractivity contribution in [3.63, 3.8) is 0 Å². The van der Waals surface area contributed by atoms with Crippen molar-refractivity contribution in [2.45, 2.75) is 32.7 Å². The Balaban J connectivity index is 1.88. The minimum atomic E-state index is 0.794. The Kier molecular flexibility index (Phi) is 3.38. The normalized spacial score (nSPS) is 16.7. The van der Waals surface area contributed by atoms with Crippen LogP contribution in [0.15, 0.2) is 4.42 Å². The monoisotopic (exact) mass is 209 g/mol. The van der Waals surface area contributed by atoms with E-state index in [-0.39, 0.29) is 0 Å². The summed E-state index contributed by atoms with van der Waals surface area (Å²) in [5, 5.41) is 0. The molecule has 84 valence electrons. The van der Waals surface area contributed by atoms with Gasteiger partial charge >= 0.3 is 0 Å². The van der Waals surface area contributed by atoms with Gasteiger partial charge in [0, 0.05) is 26.4 Å². The highest BCUT2D eigenvalue weighted by atomic mass is 16.4. The van der Waals surface area contributed by atoms with Crippen LogP contribution in [0.4, 0.5) is 0 Å². The van der Waals surface area contributed by atoms with Crippen molar-refractivity contribution in [3.05, 3.63) is 17.3 Å². The summed E-state index contributed by atoms with van der Waals surface area (Å²) < 4.78 is 5.52. The first-order chi connectivity index (χ1) is 7.29. The highest BCUT2D eigenvalue weighted by Crippen LogP contribution is 2.19. The third-order valence-corrected chi connectivity index (χ3v) is 2.84. The lowest BCUT2D eigenvalue weighted by Crippen LogP contribution is -2.31. The van der Waals surface area contributed by atoms with Crippen LogP contribution in [0.1, 0.15) is 30.2 Å². The molecule has 0 atom stereocenters. The summed E-state index contributed by atoms with van der Waals surface area (Å²) in [7, 11) is 0. The summed E-state index contributed by atoms with van der Waals surface area (Å²) in [5.41, 5.74) is 6.61. The van der Waals surface area contributed by atoms with Gasteiger partial charge in [-0.25, -0.2) is 4.98 Å². The first-order valence-electron chi connectivity index (χ1n) is 5.67. The van der Waals surface area contributed by atoms with Crippen LogP contribution in [0.25, 0.3) is 0 Å².